The molecule has 3 aliphatic rings. The van der Waals surface area contributed by atoms with Crippen LogP contribution >= 0.6 is 31.9 Å². The Bertz CT molecular complexity index is 618. The van der Waals surface area contributed by atoms with Crippen LogP contribution in [0.4, 0.5) is 0 Å². The molecule has 0 saturated heterocycles. The highest BCUT2D eigenvalue weighted by atomic mass is 79.9. The first-order chi connectivity index (χ1) is 9.59. The normalized spacial score (nSPS) is 22.5. The largest absolute Gasteiger partial charge is 0.508 e. The maximum atomic E-state index is 10.3. The van der Waals surface area contributed by atoms with Crippen LogP contribution in [0.2, 0.25) is 0 Å². The van der Waals surface area contributed by atoms with Gasteiger partial charge in [0.15, 0.2) is 0 Å². The van der Waals surface area contributed by atoms with E-state index in [1.807, 2.05) is 12.1 Å². The van der Waals surface area contributed by atoms with Crippen LogP contribution in [-0.4, -0.2) is 10.2 Å². The molecule has 0 amide bonds. The molecule has 2 aromatic carbocycles. The smallest absolute Gasteiger partial charge is 0.119 e. The molecule has 2 bridgehead atoms. The molecule has 102 valence electrons. The Kier molecular flexibility index (Phi) is 2.70. The Balaban J connectivity index is 2.10. The number of halogens is 2. The molecule has 2 N–H and O–H groups in total. The van der Waals surface area contributed by atoms with Gasteiger partial charge in [0.25, 0.3) is 0 Å². The molecular weight excluding hydrogens is 384 g/mol. The summed E-state index contributed by atoms with van der Waals surface area (Å²) in [5.41, 5.74) is 4.33. The summed E-state index contributed by atoms with van der Waals surface area (Å²) in [6.45, 7) is 0. The molecule has 2 nitrogen and oxygen atoms in total. The fraction of sp³-hybridized carbons (Fsp3) is 0.250. The molecule has 0 saturated carbocycles. The molecule has 20 heavy (non-hydrogen) atoms. The summed E-state index contributed by atoms with van der Waals surface area (Å²) < 4.78 is 2.08. The molecule has 0 radical (unpaired) electrons. The van der Waals surface area contributed by atoms with Crippen LogP contribution < -0.4 is 0 Å². The Morgan fingerprint density at radius 3 is 1.55 bits per heavy atom. The van der Waals surface area contributed by atoms with E-state index in [1.54, 1.807) is 12.1 Å². The summed E-state index contributed by atoms with van der Waals surface area (Å²) in [6, 6.07) is 7.28. The van der Waals surface area contributed by atoms with Gasteiger partial charge in [-0.15, -0.1) is 0 Å². The Morgan fingerprint density at radius 2 is 1.10 bits per heavy atom. The van der Waals surface area contributed by atoms with Gasteiger partial charge in [-0.05, 0) is 48.2 Å². The standard InChI is InChI=1S/C16H12Br2O2/c17-9-3-5-11(19)15-8-2-1-7(13(9)15)14-10(18)4-6-12(20)16(8)14/h3-8,19-20H,1-2H2. The first-order valence-electron chi connectivity index (χ1n) is 6.62. The van der Waals surface area contributed by atoms with Crippen molar-refractivity contribution in [1.29, 1.82) is 0 Å². The van der Waals surface area contributed by atoms with Gasteiger partial charge in [-0.1, -0.05) is 31.9 Å². The average molecular weight is 396 g/mol. The van der Waals surface area contributed by atoms with Crippen molar-refractivity contribution in [2.45, 2.75) is 24.7 Å². The molecule has 0 unspecified atom stereocenters. The van der Waals surface area contributed by atoms with Crippen molar-refractivity contribution in [1.82, 2.24) is 0 Å². The van der Waals surface area contributed by atoms with Crippen molar-refractivity contribution in [2.75, 3.05) is 0 Å². The van der Waals surface area contributed by atoms with Crippen LogP contribution in [0.3, 0.4) is 0 Å². The maximum absolute atomic E-state index is 10.3. The van der Waals surface area contributed by atoms with Crippen molar-refractivity contribution in [3.05, 3.63) is 55.5 Å². The summed E-state index contributed by atoms with van der Waals surface area (Å²) in [5.74, 6) is 0.985. The lowest BCUT2D eigenvalue weighted by Crippen LogP contribution is -2.25. The monoisotopic (exact) mass is 394 g/mol. The molecule has 2 aromatic rings. The second-order valence-corrected chi connectivity index (χ2v) is 7.18. The summed E-state index contributed by atoms with van der Waals surface area (Å²) in [5, 5.41) is 20.5. The number of aromatic hydroxyl groups is 2. The summed E-state index contributed by atoms with van der Waals surface area (Å²) >= 11 is 7.25. The van der Waals surface area contributed by atoms with E-state index in [0.717, 1.165) is 32.9 Å². The zero-order valence-corrected chi connectivity index (χ0v) is 13.7. The highest BCUT2D eigenvalue weighted by Gasteiger charge is 2.42. The first kappa shape index (κ1) is 12.7. The van der Waals surface area contributed by atoms with E-state index >= 15 is 0 Å². The minimum Gasteiger partial charge on any atom is -0.508 e. The molecule has 4 heteroatoms. The lowest BCUT2D eigenvalue weighted by Gasteiger charge is -2.41. The molecule has 0 heterocycles. The average Bonchev–Trinajstić information content (AvgIpc) is 2.46. The third kappa shape index (κ3) is 1.49. The number of hydrogen-bond acceptors (Lipinski definition) is 2. The predicted molar refractivity (Wildman–Crippen MR) is 84.5 cm³/mol. The molecular formula is C16H12Br2O2. The van der Waals surface area contributed by atoms with Crippen LogP contribution in [0, 0.1) is 0 Å². The second kappa shape index (κ2) is 4.25. The van der Waals surface area contributed by atoms with Crippen LogP contribution in [0.5, 0.6) is 11.5 Å². The molecule has 0 aliphatic heterocycles. The maximum Gasteiger partial charge on any atom is 0.119 e. The lowest BCUT2D eigenvalue weighted by atomic mass is 9.63. The van der Waals surface area contributed by atoms with Crippen LogP contribution in [0.15, 0.2) is 33.2 Å². The SMILES string of the molecule is Oc1ccc(Br)c2c1C1CCC2c2c(Br)ccc(O)c21. The van der Waals surface area contributed by atoms with E-state index in [2.05, 4.69) is 31.9 Å². The van der Waals surface area contributed by atoms with Crippen molar-refractivity contribution in [3.63, 3.8) is 0 Å². The van der Waals surface area contributed by atoms with Crippen LogP contribution in [-0.2, 0) is 0 Å². The molecule has 0 aromatic heterocycles. The van der Waals surface area contributed by atoms with E-state index in [4.69, 9.17) is 0 Å². The van der Waals surface area contributed by atoms with E-state index in [-0.39, 0.29) is 11.8 Å². The Morgan fingerprint density at radius 1 is 0.700 bits per heavy atom. The number of phenols is 2. The van der Waals surface area contributed by atoms with Gasteiger partial charge in [0, 0.05) is 31.9 Å². The number of phenolic OH excluding ortho intramolecular Hbond substituents is 2. The van der Waals surface area contributed by atoms with Gasteiger partial charge in [0.2, 0.25) is 0 Å². The van der Waals surface area contributed by atoms with Crippen LogP contribution in [0.1, 0.15) is 46.9 Å². The summed E-state index contributed by atoms with van der Waals surface area (Å²) in [4.78, 5) is 0. The molecule has 5 rings (SSSR count). The zero-order chi connectivity index (χ0) is 14.0. The Labute approximate surface area is 133 Å². The fourth-order valence-corrected chi connectivity index (χ4v) is 5.08. The van der Waals surface area contributed by atoms with E-state index in [0.29, 0.717) is 11.5 Å². The highest BCUT2D eigenvalue weighted by molar-refractivity contribution is 9.10. The number of benzene rings is 2. The highest BCUT2D eigenvalue weighted by Crippen LogP contribution is 2.60. The van der Waals surface area contributed by atoms with Gasteiger partial charge in [0.1, 0.15) is 11.5 Å². The van der Waals surface area contributed by atoms with Gasteiger partial charge in [-0.2, -0.15) is 0 Å². The minimum absolute atomic E-state index is 0.0833. The number of rotatable bonds is 0. The van der Waals surface area contributed by atoms with Crippen molar-refractivity contribution >= 4 is 31.9 Å². The van der Waals surface area contributed by atoms with Gasteiger partial charge >= 0.3 is 0 Å². The molecule has 0 fully saturated rings. The number of hydrogen-bond donors (Lipinski definition) is 2. The third-order valence-electron chi connectivity index (χ3n) is 4.56. The molecule has 0 spiro atoms. The van der Waals surface area contributed by atoms with Crippen molar-refractivity contribution in [3.8, 4) is 11.5 Å². The van der Waals surface area contributed by atoms with E-state index in [1.165, 1.54) is 11.1 Å². The summed E-state index contributed by atoms with van der Waals surface area (Å²) in [6.07, 6.45) is 2.02. The lowest BCUT2D eigenvalue weighted by molar-refractivity contribution is 0.418. The van der Waals surface area contributed by atoms with Crippen molar-refractivity contribution in [2.24, 2.45) is 0 Å². The van der Waals surface area contributed by atoms with Crippen LogP contribution in [0.25, 0.3) is 0 Å². The van der Waals surface area contributed by atoms with Gasteiger partial charge < -0.3 is 10.2 Å². The quantitative estimate of drug-likeness (QED) is 0.659. The Hall–Kier alpha value is -1.00. The van der Waals surface area contributed by atoms with Gasteiger partial charge in [-0.3, -0.25) is 0 Å². The van der Waals surface area contributed by atoms with Crippen molar-refractivity contribution < 1.29 is 10.2 Å². The van der Waals surface area contributed by atoms with Gasteiger partial charge in [-0.25, -0.2) is 0 Å². The molecule has 0 atom stereocenters. The second-order valence-electron chi connectivity index (χ2n) is 5.47. The summed E-state index contributed by atoms with van der Waals surface area (Å²) in [7, 11) is 0. The van der Waals surface area contributed by atoms with Gasteiger partial charge in [0.05, 0.1) is 0 Å². The molecule has 3 aliphatic carbocycles. The zero-order valence-electron chi connectivity index (χ0n) is 10.5. The van der Waals surface area contributed by atoms with E-state index in [9.17, 15) is 10.2 Å². The number of fused-ring (bicyclic) bond motifs is 1. The fourth-order valence-electron chi connectivity index (χ4n) is 3.84. The minimum atomic E-state index is 0.0833. The topological polar surface area (TPSA) is 40.5 Å². The van der Waals surface area contributed by atoms with E-state index < -0.39 is 0 Å². The third-order valence-corrected chi connectivity index (χ3v) is 5.94. The first-order valence-corrected chi connectivity index (χ1v) is 8.20. The predicted octanol–water partition coefficient (Wildman–Crippen LogP) is 4.99.